The first kappa shape index (κ1) is 8.85. The minimum Gasteiger partial charge on any atom is -0.313 e. The molecule has 3 N–H and O–H groups in total. The lowest BCUT2D eigenvalue weighted by Crippen LogP contribution is -1.98. The zero-order valence-electron chi connectivity index (χ0n) is 4.99. The molecule has 0 aliphatic rings. The molecule has 0 spiro atoms. The van der Waals surface area contributed by atoms with Crippen molar-refractivity contribution in [3.05, 3.63) is 12.7 Å². The molecule has 0 heterocycles. The van der Waals surface area contributed by atoms with Crippen molar-refractivity contribution in [1.82, 2.24) is 0 Å². The molecule has 54 valence electrons. The van der Waals surface area contributed by atoms with Crippen LogP contribution in [0.1, 0.15) is 6.42 Å². The summed E-state index contributed by atoms with van der Waals surface area (Å²) in [6, 6.07) is 0. The van der Waals surface area contributed by atoms with Gasteiger partial charge in [0.15, 0.2) is 0 Å². The highest BCUT2D eigenvalue weighted by atomic mass is 31.2. The molecular formula is C4H10NO3P. The summed E-state index contributed by atoms with van der Waals surface area (Å²) in [6.45, 7) is 3.53. The van der Waals surface area contributed by atoms with Crippen LogP contribution < -0.4 is 5.50 Å². The lowest BCUT2D eigenvalue weighted by Gasteiger charge is -2.02. The maximum atomic E-state index is 10.2. The van der Waals surface area contributed by atoms with E-state index in [2.05, 4.69) is 16.6 Å². The van der Waals surface area contributed by atoms with Gasteiger partial charge < -0.3 is 4.89 Å². The van der Waals surface area contributed by atoms with Crippen molar-refractivity contribution in [1.29, 1.82) is 0 Å². The lowest BCUT2D eigenvalue weighted by molar-refractivity contribution is 0.265. The van der Waals surface area contributed by atoms with E-state index in [1.807, 2.05) is 0 Å². The average molecular weight is 151 g/mol. The van der Waals surface area contributed by atoms with Gasteiger partial charge in [0.25, 0.3) is 0 Å². The van der Waals surface area contributed by atoms with E-state index in [0.717, 1.165) is 0 Å². The lowest BCUT2D eigenvalue weighted by atomic mass is 10.5. The molecule has 0 radical (unpaired) electrons. The highest BCUT2D eigenvalue weighted by Gasteiger charge is 2.08. The number of nitrogens with two attached hydrogens (primary N) is 1. The number of rotatable bonds is 4. The van der Waals surface area contributed by atoms with Crippen molar-refractivity contribution in [2.24, 2.45) is 5.50 Å². The van der Waals surface area contributed by atoms with Crippen LogP contribution in [0.25, 0.3) is 0 Å². The molecule has 0 saturated carbocycles. The van der Waals surface area contributed by atoms with Crippen molar-refractivity contribution in [2.45, 2.75) is 6.42 Å². The molecule has 0 fully saturated rings. The summed E-state index contributed by atoms with van der Waals surface area (Å²) < 4.78 is 14.5. The zero-order chi connectivity index (χ0) is 7.33. The summed E-state index contributed by atoms with van der Waals surface area (Å²) in [5.74, 6) is 0. The van der Waals surface area contributed by atoms with Crippen LogP contribution in [0, 0.1) is 0 Å². The predicted octanol–water partition coefficient (Wildman–Crippen LogP) is 0.638. The summed E-state index contributed by atoms with van der Waals surface area (Å²) in [4.78, 5) is 8.32. The summed E-state index contributed by atoms with van der Waals surface area (Å²) in [6.07, 6.45) is 2.11. The van der Waals surface area contributed by atoms with Crippen molar-refractivity contribution in [3.8, 4) is 0 Å². The topological polar surface area (TPSA) is 72.5 Å². The van der Waals surface area contributed by atoms with Gasteiger partial charge in [0, 0.05) is 0 Å². The van der Waals surface area contributed by atoms with Gasteiger partial charge in [0.1, 0.15) is 0 Å². The monoisotopic (exact) mass is 151 g/mol. The first-order valence-electron chi connectivity index (χ1n) is 2.43. The van der Waals surface area contributed by atoms with E-state index in [9.17, 15) is 4.57 Å². The molecule has 0 aliphatic carbocycles. The van der Waals surface area contributed by atoms with E-state index < -0.39 is 7.75 Å². The second kappa shape index (κ2) is 3.80. The molecule has 5 heteroatoms. The van der Waals surface area contributed by atoms with Crippen molar-refractivity contribution < 1.29 is 14.0 Å². The molecule has 1 unspecified atom stereocenters. The first-order chi connectivity index (χ1) is 4.06. The highest BCUT2D eigenvalue weighted by molar-refractivity contribution is 7.50. The highest BCUT2D eigenvalue weighted by Crippen LogP contribution is 2.30. The van der Waals surface area contributed by atoms with E-state index in [1.54, 1.807) is 6.08 Å². The summed E-state index contributed by atoms with van der Waals surface area (Å²) in [5.41, 5.74) is 4.63. The normalized spacial score (nSPS) is 16.7. The van der Waals surface area contributed by atoms with Crippen LogP contribution in [0.4, 0.5) is 0 Å². The standard InChI is InChI=1S/C4H10NO3P/c1-2-3-4-8-9(5,6)7/h2H,1,3-4H2,(H3,5,6,7). The minimum absolute atomic E-state index is 0.147. The Kier molecular flexibility index (Phi) is 3.73. The van der Waals surface area contributed by atoms with Gasteiger partial charge in [-0.05, 0) is 6.42 Å². The Bertz CT molecular complexity index is 130. The van der Waals surface area contributed by atoms with Crippen LogP contribution in [-0.4, -0.2) is 11.5 Å². The molecule has 0 aromatic rings. The number of hydrogen-bond acceptors (Lipinski definition) is 2. The van der Waals surface area contributed by atoms with Gasteiger partial charge in [0.05, 0.1) is 6.61 Å². The van der Waals surface area contributed by atoms with Crippen LogP contribution in [0.2, 0.25) is 0 Å². The Balaban J connectivity index is 3.28. The van der Waals surface area contributed by atoms with Crippen LogP contribution in [0.5, 0.6) is 0 Å². The van der Waals surface area contributed by atoms with Crippen molar-refractivity contribution in [3.63, 3.8) is 0 Å². The van der Waals surface area contributed by atoms with Gasteiger partial charge in [-0.3, -0.25) is 4.52 Å². The Labute approximate surface area is 53.9 Å². The molecule has 4 nitrogen and oxygen atoms in total. The zero-order valence-corrected chi connectivity index (χ0v) is 5.88. The fourth-order valence-electron chi connectivity index (χ4n) is 0.267. The van der Waals surface area contributed by atoms with Gasteiger partial charge in [-0.1, -0.05) is 6.08 Å². The molecule has 0 aromatic carbocycles. The average Bonchev–Trinajstić information content (AvgIpc) is 1.63. The van der Waals surface area contributed by atoms with E-state index in [4.69, 9.17) is 4.89 Å². The minimum atomic E-state index is -3.74. The van der Waals surface area contributed by atoms with Crippen LogP contribution >= 0.6 is 7.75 Å². The molecule has 0 bridgehead atoms. The van der Waals surface area contributed by atoms with Gasteiger partial charge >= 0.3 is 7.75 Å². The van der Waals surface area contributed by atoms with Gasteiger partial charge in [0.2, 0.25) is 0 Å². The van der Waals surface area contributed by atoms with Crippen LogP contribution in [0.15, 0.2) is 12.7 Å². The van der Waals surface area contributed by atoms with Gasteiger partial charge in [-0.25, -0.2) is 10.1 Å². The van der Waals surface area contributed by atoms with Crippen molar-refractivity contribution >= 4 is 7.75 Å². The fourth-order valence-corrected chi connectivity index (χ4v) is 0.634. The largest absolute Gasteiger partial charge is 0.400 e. The second-order valence-electron chi connectivity index (χ2n) is 1.47. The quantitative estimate of drug-likeness (QED) is 0.351. The molecule has 0 aliphatic heterocycles. The summed E-state index contributed by atoms with van der Waals surface area (Å²) >= 11 is 0. The van der Waals surface area contributed by atoms with E-state index in [-0.39, 0.29) is 6.61 Å². The third-order valence-corrected chi connectivity index (χ3v) is 1.15. The number of hydrogen-bond donors (Lipinski definition) is 2. The molecule has 9 heavy (non-hydrogen) atoms. The van der Waals surface area contributed by atoms with Crippen LogP contribution in [0.3, 0.4) is 0 Å². The smallest absolute Gasteiger partial charge is 0.313 e. The molecular weight excluding hydrogens is 141 g/mol. The van der Waals surface area contributed by atoms with Gasteiger partial charge in [-0.15, -0.1) is 6.58 Å². The first-order valence-corrected chi connectivity index (χ1v) is 4.08. The fraction of sp³-hybridized carbons (Fsp3) is 0.500. The maximum absolute atomic E-state index is 10.2. The summed E-state index contributed by atoms with van der Waals surface area (Å²) in [7, 11) is -3.74. The Morgan fingerprint density at radius 1 is 1.89 bits per heavy atom. The molecule has 1 atom stereocenters. The molecule has 0 saturated heterocycles. The third-order valence-electron chi connectivity index (χ3n) is 0.598. The predicted molar refractivity (Wildman–Crippen MR) is 34.8 cm³/mol. The van der Waals surface area contributed by atoms with Crippen molar-refractivity contribution in [2.75, 3.05) is 6.61 Å². The Morgan fingerprint density at radius 3 is 2.78 bits per heavy atom. The van der Waals surface area contributed by atoms with E-state index in [0.29, 0.717) is 6.42 Å². The maximum Gasteiger partial charge on any atom is 0.400 e. The van der Waals surface area contributed by atoms with E-state index >= 15 is 0 Å². The molecule has 0 rings (SSSR count). The Hall–Kier alpha value is -0.150. The van der Waals surface area contributed by atoms with E-state index in [1.165, 1.54) is 0 Å². The molecule has 0 aromatic heterocycles. The van der Waals surface area contributed by atoms with Gasteiger partial charge in [-0.2, -0.15) is 0 Å². The third kappa shape index (κ3) is 7.85. The second-order valence-corrected chi connectivity index (χ2v) is 2.86. The SMILES string of the molecule is C=CCCOP(N)(=O)O. The Morgan fingerprint density at radius 2 is 2.44 bits per heavy atom. The van der Waals surface area contributed by atoms with Crippen LogP contribution in [-0.2, 0) is 9.09 Å². The summed E-state index contributed by atoms with van der Waals surface area (Å²) in [5, 5.41) is 0. The molecule has 0 amide bonds.